The molecule has 1 aromatic heterocycles. The van der Waals surface area contributed by atoms with E-state index in [0.717, 1.165) is 37.1 Å². The fourth-order valence-electron chi connectivity index (χ4n) is 2.13. The Labute approximate surface area is 103 Å². The van der Waals surface area contributed by atoms with E-state index in [-0.39, 0.29) is 0 Å². The fourth-order valence-corrected chi connectivity index (χ4v) is 2.13. The van der Waals surface area contributed by atoms with Gasteiger partial charge in [-0.2, -0.15) is 0 Å². The lowest BCUT2D eigenvalue weighted by Crippen LogP contribution is -2.20. The molecule has 1 aliphatic rings. The standard InChI is InChI=1S/C13H23N3O/c1-10-9-16(7-4-8-17-3)13(14-10)15-11(2)12-5-6-12/h9,11-12H,4-8H2,1-3H3,(H,14,15). The molecule has 0 aliphatic heterocycles. The topological polar surface area (TPSA) is 39.1 Å². The highest BCUT2D eigenvalue weighted by atomic mass is 16.5. The first kappa shape index (κ1) is 12.4. The van der Waals surface area contributed by atoms with Crippen LogP contribution in [0.4, 0.5) is 5.95 Å². The van der Waals surface area contributed by atoms with E-state index in [1.807, 2.05) is 6.92 Å². The molecule has 17 heavy (non-hydrogen) atoms. The van der Waals surface area contributed by atoms with Gasteiger partial charge in [-0.15, -0.1) is 0 Å². The SMILES string of the molecule is COCCCn1cc(C)nc1NC(C)C1CC1. The van der Waals surface area contributed by atoms with E-state index in [1.165, 1.54) is 12.8 Å². The Kier molecular flexibility index (Phi) is 4.05. The number of rotatable bonds is 7. The second-order valence-electron chi connectivity index (χ2n) is 5.02. The maximum atomic E-state index is 5.09. The first-order chi connectivity index (χ1) is 8.20. The summed E-state index contributed by atoms with van der Waals surface area (Å²) in [5.41, 5.74) is 1.08. The van der Waals surface area contributed by atoms with Gasteiger partial charge in [-0.1, -0.05) is 0 Å². The summed E-state index contributed by atoms with van der Waals surface area (Å²) < 4.78 is 7.29. The lowest BCUT2D eigenvalue weighted by atomic mass is 10.2. The van der Waals surface area contributed by atoms with Crippen molar-refractivity contribution in [3.05, 3.63) is 11.9 Å². The van der Waals surface area contributed by atoms with Gasteiger partial charge in [0, 0.05) is 32.5 Å². The van der Waals surface area contributed by atoms with Crippen molar-refractivity contribution >= 4 is 5.95 Å². The molecule has 2 rings (SSSR count). The van der Waals surface area contributed by atoms with Gasteiger partial charge in [-0.25, -0.2) is 4.98 Å². The van der Waals surface area contributed by atoms with Crippen LogP contribution in [0.2, 0.25) is 0 Å². The molecule has 1 atom stereocenters. The largest absolute Gasteiger partial charge is 0.385 e. The summed E-state index contributed by atoms with van der Waals surface area (Å²) in [5.74, 6) is 1.86. The molecule has 1 N–H and O–H groups in total. The average molecular weight is 237 g/mol. The van der Waals surface area contributed by atoms with E-state index in [4.69, 9.17) is 4.74 Å². The molecule has 1 aliphatic carbocycles. The number of methoxy groups -OCH3 is 1. The van der Waals surface area contributed by atoms with E-state index in [9.17, 15) is 0 Å². The van der Waals surface area contributed by atoms with E-state index >= 15 is 0 Å². The maximum absolute atomic E-state index is 5.09. The van der Waals surface area contributed by atoms with Crippen LogP contribution in [-0.4, -0.2) is 29.3 Å². The highest BCUT2D eigenvalue weighted by molar-refractivity contribution is 5.30. The molecule has 96 valence electrons. The number of hydrogen-bond donors (Lipinski definition) is 1. The monoisotopic (exact) mass is 237 g/mol. The summed E-state index contributed by atoms with van der Waals surface area (Å²) in [6.07, 6.45) is 5.85. The quantitative estimate of drug-likeness (QED) is 0.740. The number of hydrogen-bond acceptors (Lipinski definition) is 3. The zero-order valence-corrected chi connectivity index (χ0v) is 11.1. The van der Waals surface area contributed by atoms with Gasteiger partial charge in [0.2, 0.25) is 5.95 Å². The van der Waals surface area contributed by atoms with Crippen molar-refractivity contribution in [2.24, 2.45) is 5.92 Å². The molecular weight excluding hydrogens is 214 g/mol. The third kappa shape index (κ3) is 3.46. The van der Waals surface area contributed by atoms with Gasteiger partial charge < -0.3 is 14.6 Å². The Bertz CT molecular complexity index is 358. The van der Waals surface area contributed by atoms with Crippen molar-refractivity contribution < 1.29 is 4.74 Å². The molecule has 1 unspecified atom stereocenters. The Morgan fingerprint density at radius 1 is 1.59 bits per heavy atom. The Hall–Kier alpha value is -1.03. The summed E-state index contributed by atoms with van der Waals surface area (Å²) in [4.78, 5) is 4.55. The molecule has 0 radical (unpaired) electrons. The van der Waals surface area contributed by atoms with Crippen molar-refractivity contribution in [3.8, 4) is 0 Å². The van der Waals surface area contributed by atoms with Crippen LogP contribution in [0.15, 0.2) is 6.20 Å². The summed E-state index contributed by atoms with van der Waals surface area (Å²) >= 11 is 0. The highest BCUT2D eigenvalue weighted by Crippen LogP contribution is 2.33. The number of aryl methyl sites for hydroxylation is 2. The van der Waals surface area contributed by atoms with Gasteiger partial charge in [-0.05, 0) is 39.0 Å². The molecule has 4 heteroatoms. The predicted octanol–water partition coefficient (Wildman–Crippen LogP) is 2.44. The molecule has 1 heterocycles. The van der Waals surface area contributed by atoms with Crippen molar-refractivity contribution in [1.29, 1.82) is 0 Å². The molecule has 1 fully saturated rings. The van der Waals surface area contributed by atoms with Crippen molar-refractivity contribution in [3.63, 3.8) is 0 Å². The molecule has 0 amide bonds. The van der Waals surface area contributed by atoms with Crippen LogP contribution >= 0.6 is 0 Å². The van der Waals surface area contributed by atoms with Crippen molar-refractivity contribution in [1.82, 2.24) is 9.55 Å². The van der Waals surface area contributed by atoms with Crippen LogP contribution in [0.25, 0.3) is 0 Å². The molecule has 0 bridgehead atoms. The Morgan fingerprint density at radius 3 is 3.00 bits per heavy atom. The number of anilines is 1. The minimum Gasteiger partial charge on any atom is -0.385 e. The number of imidazole rings is 1. The molecule has 0 spiro atoms. The van der Waals surface area contributed by atoms with Gasteiger partial charge >= 0.3 is 0 Å². The van der Waals surface area contributed by atoms with Crippen LogP contribution < -0.4 is 5.32 Å². The van der Waals surface area contributed by atoms with Crippen molar-refractivity contribution in [2.75, 3.05) is 19.0 Å². The van der Waals surface area contributed by atoms with E-state index in [1.54, 1.807) is 7.11 Å². The highest BCUT2D eigenvalue weighted by Gasteiger charge is 2.28. The van der Waals surface area contributed by atoms with Crippen LogP contribution in [0, 0.1) is 12.8 Å². The third-order valence-corrected chi connectivity index (χ3v) is 3.33. The molecule has 0 aromatic carbocycles. The Morgan fingerprint density at radius 2 is 2.35 bits per heavy atom. The number of nitrogens with zero attached hydrogens (tertiary/aromatic N) is 2. The Balaban J connectivity index is 1.93. The van der Waals surface area contributed by atoms with Crippen LogP contribution in [0.3, 0.4) is 0 Å². The van der Waals surface area contributed by atoms with Crippen LogP contribution in [0.5, 0.6) is 0 Å². The average Bonchev–Trinajstić information content (AvgIpc) is 3.06. The van der Waals surface area contributed by atoms with E-state index in [0.29, 0.717) is 6.04 Å². The smallest absolute Gasteiger partial charge is 0.203 e. The van der Waals surface area contributed by atoms with Crippen LogP contribution in [-0.2, 0) is 11.3 Å². The molecule has 0 saturated heterocycles. The number of aromatic nitrogens is 2. The number of nitrogens with one attached hydrogen (secondary N) is 1. The van der Waals surface area contributed by atoms with Crippen LogP contribution in [0.1, 0.15) is 31.9 Å². The van der Waals surface area contributed by atoms with Gasteiger partial charge in [-0.3, -0.25) is 0 Å². The second kappa shape index (κ2) is 5.54. The van der Waals surface area contributed by atoms with E-state index < -0.39 is 0 Å². The molecular formula is C13H23N3O. The zero-order chi connectivity index (χ0) is 12.3. The van der Waals surface area contributed by atoms with Gasteiger partial charge in [0.1, 0.15) is 0 Å². The minimum atomic E-state index is 0.540. The van der Waals surface area contributed by atoms with Gasteiger partial charge in [0.05, 0.1) is 5.69 Å². The molecule has 1 aromatic rings. The maximum Gasteiger partial charge on any atom is 0.203 e. The summed E-state index contributed by atoms with van der Waals surface area (Å²) in [6.45, 7) is 6.06. The normalized spacial score (nSPS) is 17.1. The second-order valence-corrected chi connectivity index (χ2v) is 5.02. The summed E-state index contributed by atoms with van der Waals surface area (Å²) in [6, 6.07) is 0.540. The fraction of sp³-hybridized carbons (Fsp3) is 0.769. The molecule has 1 saturated carbocycles. The molecule has 4 nitrogen and oxygen atoms in total. The summed E-state index contributed by atoms with van der Waals surface area (Å²) in [7, 11) is 1.74. The zero-order valence-electron chi connectivity index (χ0n) is 11.1. The predicted molar refractivity (Wildman–Crippen MR) is 69.3 cm³/mol. The summed E-state index contributed by atoms with van der Waals surface area (Å²) in [5, 5.41) is 3.53. The van der Waals surface area contributed by atoms with Gasteiger partial charge in [0.25, 0.3) is 0 Å². The van der Waals surface area contributed by atoms with Gasteiger partial charge in [0.15, 0.2) is 0 Å². The minimum absolute atomic E-state index is 0.540. The first-order valence-electron chi connectivity index (χ1n) is 6.50. The van der Waals surface area contributed by atoms with Crippen molar-refractivity contribution in [2.45, 2.75) is 45.7 Å². The first-order valence-corrected chi connectivity index (χ1v) is 6.50. The lowest BCUT2D eigenvalue weighted by Gasteiger charge is -2.15. The van der Waals surface area contributed by atoms with E-state index in [2.05, 4.69) is 28.0 Å². The third-order valence-electron chi connectivity index (χ3n) is 3.33. The number of ether oxygens (including phenoxy) is 1. The lowest BCUT2D eigenvalue weighted by molar-refractivity contribution is 0.190.